The standard InChI is InChI=1S/C23H32NO2P/c1-5-7-17-27(6-2)26-21-15-13-19(14-16-21)22(18(3)4)23(25)24-20-11-9-8-10-12-20/h8-16,18,22H,5-7,17H2,1-4H3,(H,24,25). The minimum absolute atomic E-state index is 0.0311. The summed E-state index contributed by atoms with van der Waals surface area (Å²) in [4.78, 5) is 12.8. The number of carbonyl (C=O) groups excluding carboxylic acids is 1. The Kier molecular flexibility index (Phi) is 8.81. The number of para-hydroxylation sites is 1. The molecule has 0 bridgehead atoms. The van der Waals surface area contributed by atoms with E-state index in [-0.39, 0.29) is 17.7 Å². The van der Waals surface area contributed by atoms with E-state index in [1.165, 1.54) is 12.8 Å². The molecule has 4 heteroatoms. The molecule has 0 spiro atoms. The van der Waals surface area contributed by atoms with Gasteiger partial charge in [-0.15, -0.1) is 0 Å². The van der Waals surface area contributed by atoms with Crippen LogP contribution in [0.4, 0.5) is 5.69 Å². The minimum atomic E-state index is -0.403. The van der Waals surface area contributed by atoms with Crippen LogP contribution in [0, 0.1) is 5.92 Å². The second kappa shape index (κ2) is 11.1. The summed E-state index contributed by atoms with van der Waals surface area (Å²) in [6, 6.07) is 17.7. The van der Waals surface area contributed by atoms with E-state index in [0.29, 0.717) is 0 Å². The van der Waals surface area contributed by atoms with Gasteiger partial charge < -0.3 is 9.84 Å². The number of hydrogen-bond donors (Lipinski definition) is 1. The van der Waals surface area contributed by atoms with Crippen LogP contribution in [-0.2, 0) is 4.79 Å². The largest absolute Gasteiger partial charge is 0.474 e. The van der Waals surface area contributed by atoms with Gasteiger partial charge in [-0.1, -0.05) is 64.4 Å². The molecular formula is C23H32NO2P. The zero-order valence-corrected chi connectivity index (χ0v) is 17.8. The van der Waals surface area contributed by atoms with E-state index < -0.39 is 8.15 Å². The van der Waals surface area contributed by atoms with Crippen molar-refractivity contribution in [2.45, 2.75) is 46.5 Å². The average Bonchev–Trinajstić information content (AvgIpc) is 2.67. The molecule has 1 N–H and O–H groups in total. The van der Waals surface area contributed by atoms with E-state index in [0.717, 1.165) is 29.3 Å². The maximum absolute atomic E-state index is 12.8. The highest BCUT2D eigenvalue weighted by molar-refractivity contribution is 7.52. The van der Waals surface area contributed by atoms with E-state index in [2.05, 4.69) is 33.0 Å². The van der Waals surface area contributed by atoms with Crippen molar-refractivity contribution in [3.8, 4) is 5.75 Å². The van der Waals surface area contributed by atoms with Crippen LogP contribution in [0.5, 0.6) is 5.75 Å². The number of rotatable bonds is 10. The van der Waals surface area contributed by atoms with Gasteiger partial charge in [0, 0.05) is 18.0 Å². The van der Waals surface area contributed by atoms with Crippen molar-refractivity contribution in [3.05, 3.63) is 60.2 Å². The van der Waals surface area contributed by atoms with Crippen molar-refractivity contribution >= 4 is 19.7 Å². The number of unbranched alkanes of at least 4 members (excludes halogenated alkanes) is 1. The molecular weight excluding hydrogens is 353 g/mol. The van der Waals surface area contributed by atoms with Crippen LogP contribution >= 0.6 is 8.15 Å². The quantitative estimate of drug-likeness (QED) is 0.464. The van der Waals surface area contributed by atoms with Crippen LogP contribution in [0.25, 0.3) is 0 Å². The Bertz CT molecular complexity index is 685. The topological polar surface area (TPSA) is 38.3 Å². The zero-order valence-electron chi connectivity index (χ0n) is 16.9. The molecule has 0 fully saturated rings. The maximum atomic E-state index is 12.8. The average molecular weight is 385 g/mol. The Morgan fingerprint density at radius 3 is 2.26 bits per heavy atom. The van der Waals surface area contributed by atoms with E-state index in [1.54, 1.807) is 0 Å². The van der Waals surface area contributed by atoms with Crippen molar-refractivity contribution in [1.29, 1.82) is 0 Å². The molecule has 146 valence electrons. The first-order valence-electron chi connectivity index (χ1n) is 9.93. The zero-order chi connectivity index (χ0) is 19.6. The monoisotopic (exact) mass is 385 g/mol. The molecule has 2 aromatic rings. The number of amides is 1. The van der Waals surface area contributed by atoms with Crippen LogP contribution in [0.1, 0.15) is 52.0 Å². The van der Waals surface area contributed by atoms with Crippen LogP contribution in [0.3, 0.4) is 0 Å². The number of anilines is 1. The van der Waals surface area contributed by atoms with Gasteiger partial charge in [0.25, 0.3) is 0 Å². The Hall–Kier alpha value is -1.86. The molecule has 3 nitrogen and oxygen atoms in total. The molecule has 2 unspecified atom stereocenters. The molecule has 2 aromatic carbocycles. The summed E-state index contributed by atoms with van der Waals surface area (Å²) in [5, 5.41) is 3.03. The van der Waals surface area contributed by atoms with Gasteiger partial charge in [0.1, 0.15) is 5.75 Å². The van der Waals surface area contributed by atoms with Crippen molar-refractivity contribution in [3.63, 3.8) is 0 Å². The van der Waals surface area contributed by atoms with Crippen LogP contribution in [0.2, 0.25) is 0 Å². The predicted molar refractivity (Wildman–Crippen MR) is 117 cm³/mol. The first kappa shape index (κ1) is 21.4. The summed E-state index contributed by atoms with van der Waals surface area (Å²) < 4.78 is 6.18. The normalized spacial score (nSPS) is 13.2. The van der Waals surface area contributed by atoms with E-state index in [9.17, 15) is 4.79 Å². The molecule has 0 saturated heterocycles. The number of benzene rings is 2. The summed E-state index contributed by atoms with van der Waals surface area (Å²) in [5.41, 5.74) is 1.86. The molecule has 27 heavy (non-hydrogen) atoms. The third-order valence-electron chi connectivity index (χ3n) is 4.58. The molecule has 0 heterocycles. The number of carbonyl (C=O) groups is 1. The maximum Gasteiger partial charge on any atom is 0.232 e. The Morgan fingerprint density at radius 2 is 1.70 bits per heavy atom. The molecule has 0 radical (unpaired) electrons. The first-order chi connectivity index (χ1) is 13.0. The lowest BCUT2D eigenvalue weighted by Crippen LogP contribution is -2.25. The van der Waals surface area contributed by atoms with Gasteiger partial charge in [0.15, 0.2) is 0 Å². The van der Waals surface area contributed by atoms with Crippen molar-refractivity contribution in [1.82, 2.24) is 0 Å². The third-order valence-corrected chi connectivity index (χ3v) is 6.57. The molecule has 2 atom stereocenters. The lowest BCUT2D eigenvalue weighted by atomic mass is 9.87. The summed E-state index contributed by atoms with van der Waals surface area (Å²) in [6.45, 7) is 8.57. The highest BCUT2D eigenvalue weighted by Gasteiger charge is 2.24. The van der Waals surface area contributed by atoms with Gasteiger partial charge in [0.05, 0.1) is 14.1 Å². The van der Waals surface area contributed by atoms with E-state index >= 15 is 0 Å². The van der Waals surface area contributed by atoms with Crippen molar-refractivity contribution in [2.24, 2.45) is 5.92 Å². The van der Waals surface area contributed by atoms with Crippen LogP contribution < -0.4 is 9.84 Å². The van der Waals surface area contributed by atoms with Gasteiger partial charge in [0.2, 0.25) is 5.91 Å². The van der Waals surface area contributed by atoms with Gasteiger partial charge in [-0.05, 0) is 42.2 Å². The minimum Gasteiger partial charge on any atom is -0.474 e. The Balaban J connectivity index is 2.07. The second-order valence-electron chi connectivity index (χ2n) is 7.11. The Morgan fingerprint density at radius 1 is 1.04 bits per heavy atom. The summed E-state index contributed by atoms with van der Waals surface area (Å²) in [6.07, 6.45) is 4.64. The summed E-state index contributed by atoms with van der Waals surface area (Å²) in [7, 11) is -0.403. The first-order valence-corrected chi connectivity index (χ1v) is 11.6. The fraction of sp³-hybridized carbons (Fsp3) is 0.435. The fourth-order valence-electron chi connectivity index (χ4n) is 3.07. The molecule has 0 aliphatic rings. The van der Waals surface area contributed by atoms with Gasteiger partial charge in [-0.2, -0.15) is 0 Å². The summed E-state index contributed by atoms with van der Waals surface area (Å²) >= 11 is 0. The molecule has 0 aromatic heterocycles. The third kappa shape index (κ3) is 6.66. The number of hydrogen-bond acceptors (Lipinski definition) is 2. The van der Waals surface area contributed by atoms with Crippen molar-refractivity contribution in [2.75, 3.05) is 17.6 Å². The van der Waals surface area contributed by atoms with Crippen molar-refractivity contribution < 1.29 is 9.32 Å². The highest BCUT2D eigenvalue weighted by atomic mass is 31.1. The van der Waals surface area contributed by atoms with Gasteiger partial charge in [-0.25, -0.2) is 0 Å². The molecule has 2 rings (SSSR count). The highest BCUT2D eigenvalue weighted by Crippen LogP contribution is 2.39. The lowest BCUT2D eigenvalue weighted by Gasteiger charge is -2.22. The van der Waals surface area contributed by atoms with Crippen LogP contribution in [-0.4, -0.2) is 18.2 Å². The van der Waals surface area contributed by atoms with Gasteiger partial charge >= 0.3 is 0 Å². The second-order valence-corrected chi connectivity index (χ2v) is 9.34. The molecule has 0 aliphatic heterocycles. The fourth-order valence-corrected chi connectivity index (χ4v) is 4.69. The molecule has 0 saturated carbocycles. The van der Waals surface area contributed by atoms with E-state index in [1.807, 2.05) is 54.6 Å². The molecule has 1 amide bonds. The predicted octanol–water partition coefficient (Wildman–Crippen LogP) is 6.66. The molecule has 0 aliphatic carbocycles. The smallest absolute Gasteiger partial charge is 0.232 e. The van der Waals surface area contributed by atoms with E-state index in [4.69, 9.17) is 4.52 Å². The van der Waals surface area contributed by atoms with Gasteiger partial charge in [-0.3, -0.25) is 4.79 Å². The van der Waals surface area contributed by atoms with Crippen LogP contribution in [0.15, 0.2) is 54.6 Å². The number of nitrogens with one attached hydrogen (secondary N) is 1. The SMILES string of the molecule is CCCCP(CC)Oc1ccc(C(C(=O)Nc2ccccc2)C(C)C)cc1. The lowest BCUT2D eigenvalue weighted by molar-refractivity contribution is -0.118. The summed E-state index contributed by atoms with van der Waals surface area (Å²) in [5.74, 6) is 0.960. The Labute approximate surface area is 165 Å².